The Bertz CT molecular complexity index is 189. The maximum Gasteiger partial charge on any atom is 0.204 e. The average molecular weight is 170 g/mol. The third-order valence-corrected chi connectivity index (χ3v) is 1.81. The fourth-order valence-corrected chi connectivity index (χ4v) is 1.18. The Hall–Kier alpha value is -0.500. The minimum atomic E-state index is -0.113. The molecule has 70 valence electrons. The van der Waals surface area contributed by atoms with Crippen molar-refractivity contribution in [3.63, 3.8) is 0 Å². The Kier molecular flexibility index (Phi) is 2.47. The molecule has 0 amide bonds. The molecule has 0 aromatic rings. The second-order valence-electron chi connectivity index (χ2n) is 4.43. The molecule has 0 N–H and O–H groups in total. The Labute approximate surface area is 74.6 Å². The molecule has 0 fully saturated rings. The molecule has 0 spiro atoms. The molecule has 0 saturated carbocycles. The van der Waals surface area contributed by atoms with Gasteiger partial charge in [-0.3, -0.25) is 0 Å². The van der Waals surface area contributed by atoms with Crippen molar-refractivity contribution in [1.82, 2.24) is 0 Å². The van der Waals surface area contributed by atoms with E-state index in [9.17, 15) is 0 Å². The molecule has 0 aromatic heterocycles. The van der Waals surface area contributed by atoms with E-state index in [-0.39, 0.29) is 17.8 Å². The van der Waals surface area contributed by atoms with E-state index in [1.54, 1.807) is 0 Å². The fourth-order valence-electron chi connectivity index (χ4n) is 1.18. The number of hydrogen-bond acceptors (Lipinski definition) is 2. The van der Waals surface area contributed by atoms with Crippen molar-refractivity contribution in [1.29, 1.82) is 0 Å². The zero-order valence-electron chi connectivity index (χ0n) is 8.55. The second kappa shape index (κ2) is 3.09. The summed E-state index contributed by atoms with van der Waals surface area (Å²) in [5, 5.41) is 0. The highest BCUT2D eigenvalue weighted by Crippen LogP contribution is 2.29. The maximum absolute atomic E-state index is 5.62. The molecule has 2 nitrogen and oxygen atoms in total. The number of ether oxygens (including phenoxy) is 2. The van der Waals surface area contributed by atoms with E-state index in [1.807, 2.05) is 19.9 Å². The van der Waals surface area contributed by atoms with Gasteiger partial charge in [-0.1, -0.05) is 20.8 Å². The van der Waals surface area contributed by atoms with Crippen molar-refractivity contribution in [2.45, 2.75) is 47.0 Å². The molecule has 0 bridgehead atoms. The summed E-state index contributed by atoms with van der Waals surface area (Å²) in [5.41, 5.74) is 0.0454. The van der Waals surface area contributed by atoms with Crippen LogP contribution >= 0.6 is 0 Å². The first-order chi connectivity index (χ1) is 5.39. The van der Waals surface area contributed by atoms with E-state index in [1.165, 1.54) is 0 Å². The van der Waals surface area contributed by atoms with Crippen LogP contribution in [-0.2, 0) is 9.47 Å². The van der Waals surface area contributed by atoms with Gasteiger partial charge in [0.15, 0.2) is 0 Å². The predicted molar refractivity (Wildman–Crippen MR) is 48.6 cm³/mol. The van der Waals surface area contributed by atoms with Crippen LogP contribution in [0.1, 0.15) is 34.6 Å². The van der Waals surface area contributed by atoms with Crippen molar-refractivity contribution in [3.8, 4) is 0 Å². The van der Waals surface area contributed by atoms with E-state index in [4.69, 9.17) is 9.47 Å². The molecule has 0 aromatic carbocycles. The van der Waals surface area contributed by atoms with Gasteiger partial charge < -0.3 is 9.47 Å². The molecule has 1 heterocycles. The molecule has 2 heteroatoms. The fraction of sp³-hybridized carbons (Fsp3) is 0.800. The third kappa shape index (κ3) is 2.24. The first-order valence-corrected chi connectivity index (χ1v) is 4.40. The van der Waals surface area contributed by atoms with Gasteiger partial charge in [0.25, 0.3) is 0 Å². The average Bonchev–Trinajstić information content (AvgIpc) is 1.82. The Morgan fingerprint density at radius 3 is 2.33 bits per heavy atom. The lowest BCUT2D eigenvalue weighted by molar-refractivity contribution is -0.199. The minimum absolute atomic E-state index is 0.0454. The van der Waals surface area contributed by atoms with Crippen LogP contribution < -0.4 is 0 Å². The van der Waals surface area contributed by atoms with Crippen LogP contribution in [0.5, 0.6) is 0 Å². The zero-order chi connectivity index (χ0) is 9.35. The van der Waals surface area contributed by atoms with E-state index in [0.717, 1.165) is 5.76 Å². The summed E-state index contributed by atoms with van der Waals surface area (Å²) in [6, 6.07) is 0. The Morgan fingerprint density at radius 1 is 1.33 bits per heavy atom. The SMILES string of the molecule is CC1=C[C@@H](C)O[C@H](C(C)(C)C)O1. The first kappa shape index (κ1) is 9.59. The third-order valence-electron chi connectivity index (χ3n) is 1.81. The lowest BCUT2D eigenvalue weighted by atomic mass is 9.95. The van der Waals surface area contributed by atoms with Crippen molar-refractivity contribution >= 4 is 0 Å². The van der Waals surface area contributed by atoms with Crippen molar-refractivity contribution in [2.24, 2.45) is 5.41 Å². The smallest absolute Gasteiger partial charge is 0.204 e. The monoisotopic (exact) mass is 170 g/mol. The van der Waals surface area contributed by atoms with Crippen LogP contribution in [-0.4, -0.2) is 12.4 Å². The molecule has 1 aliphatic heterocycles. The van der Waals surface area contributed by atoms with Gasteiger partial charge in [-0.15, -0.1) is 0 Å². The lowest BCUT2D eigenvalue weighted by Crippen LogP contribution is -2.36. The van der Waals surface area contributed by atoms with Crippen LogP contribution in [0.2, 0.25) is 0 Å². The minimum Gasteiger partial charge on any atom is -0.469 e. The maximum atomic E-state index is 5.62. The van der Waals surface area contributed by atoms with Gasteiger partial charge >= 0.3 is 0 Å². The molecule has 1 aliphatic rings. The van der Waals surface area contributed by atoms with Crippen LogP contribution in [0.3, 0.4) is 0 Å². The molecule has 0 unspecified atom stereocenters. The summed E-state index contributed by atoms with van der Waals surface area (Å²) in [4.78, 5) is 0. The van der Waals surface area contributed by atoms with Crippen LogP contribution in [0, 0.1) is 5.41 Å². The first-order valence-electron chi connectivity index (χ1n) is 4.40. The van der Waals surface area contributed by atoms with Gasteiger partial charge in [-0.25, -0.2) is 0 Å². The summed E-state index contributed by atoms with van der Waals surface area (Å²) in [6.45, 7) is 10.3. The predicted octanol–water partition coefficient (Wildman–Crippen LogP) is 2.70. The molecular weight excluding hydrogens is 152 g/mol. The number of allylic oxidation sites excluding steroid dienone is 1. The van der Waals surface area contributed by atoms with Crippen molar-refractivity contribution in [2.75, 3.05) is 0 Å². The topological polar surface area (TPSA) is 18.5 Å². The highest BCUT2D eigenvalue weighted by atomic mass is 16.7. The van der Waals surface area contributed by atoms with Crippen LogP contribution in [0.4, 0.5) is 0 Å². The normalized spacial score (nSPS) is 30.9. The van der Waals surface area contributed by atoms with Crippen LogP contribution in [0.25, 0.3) is 0 Å². The number of hydrogen-bond donors (Lipinski definition) is 0. The molecular formula is C10H18O2. The Morgan fingerprint density at radius 2 is 1.92 bits per heavy atom. The molecule has 0 saturated heterocycles. The quantitative estimate of drug-likeness (QED) is 0.556. The highest BCUT2D eigenvalue weighted by Gasteiger charge is 2.31. The summed E-state index contributed by atoms with van der Waals surface area (Å²) in [5.74, 6) is 0.966. The van der Waals surface area contributed by atoms with Gasteiger partial charge in [-0.05, 0) is 19.9 Å². The van der Waals surface area contributed by atoms with E-state index in [2.05, 4.69) is 20.8 Å². The van der Waals surface area contributed by atoms with Gasteiger partial charge in [0.05, 0.1) is 11.9 Å². The number of rotatable bonds is 0. The van der Waals surface area contributed by atoms with E-state index < -0.39 is 0 Å². The lowest BCUT2D eigenvalue weighted by Gasteiger charge is -2.35. The molecule has 12 heavy (non-hydrogen) atoms. The molecule has 2 atom stereocenters. The van der Waals surface area contributed by atoms with Gasteiger partial charge in [0, 0.05) is 5.41 Å². The Balaban J connectivity index is 2.68. The van der Waals surface area contributed by atoms with Gasteiger partial charge in [-0.2, -0.15) is 0 Å². The van der Waals surface area contributed by atoms with E-state index >= 15 is 0 Å². The van der Waals surface area contributed by atoms with Crippen molar-refractivity contribution < 1.29 is 9.47 Å². The molecule has 1 rings (SSSR count). The van der Waals surface area contributed by atoms with Gasteiger partial charge in [0.2, 0.25) is 6.29 Å². The van der Waals surface area contributed by atoms with Crippen molar-refractivity contribution in [3.05, 3.63) is 11.8 Å². The largest absolute Gasteiger partial charge is 0.469 e. The summed E-state index contributed by atoms with van der Waals surface area (Å²) < 4.78 is 11.2. The zero-order valence-corrected chi connectivity index (χ0v) is 8.55. The second-order valence-corrected chi connectivity index (χ2v) is 4.43. The molecule has 0 radical (unpaired) electrons. The van der Waals surface area contributed by atoms with Gasteiger partial charge in [0.1, 0.15) is 0 Å². The van der Waals surface area contributed by atoms with Crippen LogP contribution in [0.15, 0.2) is 11.8 Å². The standard InChI is InChI=1S/C10H18O2/c1-7-6-8(2)12-9(11-7)10(3,4)5/h6-7,9H,1-5H3/t7-,9+/m1/s1. The highest BCUT2D eigenvalue weighted by molar-refractivity contribution is 4.97. The summed E-state index contributed by atoms with van der Waals surface area (Å²) in [7, 11) is 0. The molecule has 0 aliphatic carbocycles. The van der Waals surface area contributed by atoms with E-state index in [0.29, 0.717) is 0 Å². The summed E-state index contributed by atoms with van der Waals surface area (Å²) in [6.07, 6.45) is 2.04. The summed E-state index contributed by atoms with van der Waals surface area (Å²) >= 11 is 0.